The zero-order valence-corrected chi connectivity index (χ0v) is 12.1. The Labute approximate surface area is 123 Å². The van der Waals surface area contributed by atoms with E-state index in [2.05, 4.69) is 11.8 Å². The Kier molecular flexibility index (Phi) is 5.08. The molecule has 1 N–H and O–H groups in total. The minimum Gasteiger partial charge on any atom is -0.390 e. The molecule has 1 unspecified atom stereocenters. The van der Waals surface area contributed by atoms with E-state index in [1.54, 1.807) is 0 Å². The minimum atomic E-state index is -0.710. The standard InChI is InChI=1S/C14H21N3O4/c1-11-4-6-15(7-5-11)9-13(18)10-16-8-12(17(20)21)2-3-14(16)19/h2-3,8,11,13,18H,4-7,9-10H2,1H3. The highest BCUT2D eigenvalue weighted by molar-refractivity contribution is 5.24. The molecule has 1 saturated heterocycles. The third-order valence-electron chi connectivity index (χ3n) is 3.93. The number of aromatic nitrogens is 1. The molecule has 2 heterocycles. The summed E-state index contributed by atoms with van der Waals surface area (Å²) in [5.74, 6) is 0.720. The van der Waals surface area contributed by atoms with Crippen LogP contribution in [0.5, 0.6) is 0 Å². The maximum absolute atomic E-state index is 11.7. The molecular weight excluding hydrogens is 274 g/mol. The number of nitro groups is 1. The smallest absolute Gasteiger partial charge is 0.285 e. The molecule has 0 radical (unpaired) electrons. The lowest BCUT2D eigenvalue weighted by Gasteiger charge is -2.31. The molecule has 1 aromatic heterocycles. The highest BCUT2D eigenvalue weighted by Crippen LogP contribution is 2.16. The van der Waals surface area contributed by atoms with E-state index in [1.807, 2.05) is 0 Å². The number of pyridine rings is 1. The van der Waals surface area contributed by atoms with Gasteiger partial charge in [0.1, 0.15) is 0 Å². The zero-order chi connectivity index (χ0) is 15.4. The van der Waals surface area contributed by atoms with E-state index in [-0.39, 0.29) is 17.8 Å². The molecule has 0 saturated carbocycles. The molecule has 1 aliphatic heterocycles. The van der Waals surface area contributed by atoms with Gasteiger partial charge in [-0.15, -0.1) is 0 Å². The fourth-order valence-electron chi connectivity index (χ4n) is 2.60. The summed E-state index contributed by atoms with van der Waals surface area (Å²) in [6, 6.07) is 2.34. The van der Waals surface area contributed by atoms with Gasteiger partial charge in [-0.25, -0.2) is 0 Å². The van der Waals surface area contributed by atoms with Gasteiger partial charge in [0.05, 0.1) is 23.8 Å². The Balaban J connectivity index is 1.96. The van der Waals surface area contributed by atoms with Gasteiger partial charge in [-0.3, -0.25) is 14.9 Å². The summed E-state index contributed by atoms with van der Waals surface area (Å²) in [6.45, 7) is 4.68. The molecule has 1 aromatic rings. The number of hydrogen-bond acceptors (Lipinski definition) is 5. The average Bonchev–Trinajstić information content (AvgIpc) is 2.43. The number of likely N-dealkylation sites (tertiary alicyclic amines) is 1. The van der Waals surface area contributed by atoms with E-state index in [0.717, 1.165) is 37.9 Å². The lowest BCUT2D eigenvalue weighted by molar-refractivity contribution is -0.385. The molecule has 7 nitrogen and oxygen atoms in total. The third-order valence-corrected chi connectivity index (χ3v) is 3.93. The first-order valence-corrected chi connectivity index (χ1v) is 7.21. The summed E-state index contributed by atoms with van der Waals surface area (Å²) in [5, 5.41) is 20.8. The van der Waals surface area contributed by atoms with E-state index < -0.39 is 11.0 Å². The third kappa shape index (κ3) is 4.37. The Morgan fingerprint density at radius 1 is 1.38 bits per heavy atom. The van der Waals surface area contributed by atoms with E-state index >= 15 is 0 Å². The quantitative estimate of drug-likeness (QED) is 0.642. The molecule has 2 rings (SSSR count). The summed E-state index contributed by atoms with van der Waals surface area (Å²) in [4.78, 5) is 24.0. The van der Waals surface area contributed by atoms with Crippen molar-refractivity contribution in [2.24, 2.45) is 5.92 Å². The van der Waals surface area contributed by atoms with Crippen molar-refractivity contribution in [3.63, 3.8) is 0 Å². The number of nitrogens with zero attached hydrogens (tertiary/aromatic N) is 3. The van der Waals surface area contributed by atoms with Crippen LogP contribution in [0.3, 0.4) is 0 Å². The summed E-state index contributed by atoms with van der Waals surface area (Å²) >= 11 is 0. The predicted octanol–water partition coefficient (Wildman–Crippen LogP) is 0.849. The second-order valence-electron chi connectivity index (χ2n) is 5.77. The lowest BCUT2D eigenvalue weighted by atomic mass is 9.99. The maximum atomic E-state index is 11.7. The molecule has 21 heavy (non-hydrogen) atoms. The summed E-state index contributed by atoms with van der Waals surface area (Å²) in [7, 11) is 0. The highest BCUT2D eigenvalue weighted by atomic mass is 16.6. The number of rotatable bonds is 5. The second kappa shape index (κ2) is 6.82. The van der Waals surface area contributed by atoms with Gasteiger partial charge in [-0.2, -0.15) is 0 Å². The molecule has 1 fully saturated rings. The number of aliphatic hydroxyl groups excluding tert-OH is 1. The first-order chi connectivity index (χ1) is 9.95. The first-order valence-electron chi connectivity index (χ1n) is 7.21. The molecule has 0 bridgehead atoms. The van der Waals surface area contributed by atoms with Crippen LogP contribution in [0.2, 0.25) is 0 Å². The monoisotopic (exact) mass is 295 g/mol. The van der Waals surface area contributed by atoms with Crippen molar-refractivity contribution in [2.75, 3.05) is 19.6 Å². The fourth-order valence-corrected chi connectivity index (χ4v) is 2.60. The normalized spacial score (nSPS) is 18.6. The van der Waals surface area contributed by atoms with E-state index in [0.29, 0.717) is 6.54 Å². The van der Waals surface area contributed by atoms with Gasteiger partial charge in [0.2, 0.25) is 0 Å². The van der Waals surface area contributed by atoms with Gasteiger partial charge in [0.25, 0.3) is 11.2 Å². The van der Waals surface area contributed by atoms with Crippen LogP contribution in [-0.2, 0) is 6.54 Å². The highest BCUT2D eigenvalue weighted by Gasteiger charge is 2.19. The van der Waals surface area contributed by atoms with Crippen LogP contribution >= 0.6 is 0 Å². The largest absolute Gasteiger partial charge is 0.390 e. The van der Waals surface area contributed by atoms with Crippen molar-refractivity contribution in [1.82, 2.24) is 9.47 Å². The van der Waals surface area contributed by atoms with Crippen LogP contribution < -0.4 is 5.56 Å². The average molecular weight is 295 g/mol. The van der Waals surface area contributed by atoms with Crippen LogP contribution in [-0.4, -0.2) is 45.2 Å². The van der Waals surface area contributed by atoms with Crippen LogP contribution in [0.15, 0.2) is 23.1 Å². The molecule has 0 aromatic carbocycles. The molecule has 116 valence electrons. The lowest BCUT2D eigenvalue weighted by Crippen LogP contribution is -2.40. The number of aliphatic hydroxyl groups is 1. The molecule has 0 amide bonds. The van der Waals surface area contributed by atoms with Gasteiger partial charge in [-0.05, 0) is 31.8 Å². The van der Waals surface area contributed by atoms with Crippen LogP contribution in [0.4, 0.5) is 5.69 Å². The topological polar surface area (TPSA) is 88.6 Å². The van der Waals surface area contributed by atoms with Gasteiger partial charge in [0, 0.05) is 18.7 Å². The van der Waals surface area contributed by atoms with Crippen molar-refractivity contribution >= 4 is 5.69 Å². The van der Waals surface area contributed by atoms with Gasteiger partial charge >= 0.3 is 0 Å². The van der Waals surface area contributed by atoms with Gasteiger partial charge in [0.15, 0.2) is 0 Å². The Bertz CT molecular complexity index is 549. The SMILES string of the molecule is CC1CCN(CC(O)Cn2cc([N+](=O)[O-])ccc2=O)CC1. The van der Waals surface area contributed by atoms with Crippen molar-refractivity contribution in [2.45, 2.75) is 32.4 Å². The number of hydrogen-bond donors (Lipinski definition) is 1. The first kappa shape index (κ1) is 15.7. The van der Waals surface area contributed by atoms with Gasteiger partial charge in [-0.1, -0.05) is 6.92 Å². The Hall–Kier alpha value is -1.73. The van der Waals surface area contributed by atoms with E-state index in [9.17, 15) is 20.0 Å². The Morgan fingerprint density at radius 2 is 2.05 bits per heavy atom. The second-order valence-corrected chi connectivity index (χ2v) is 5.77. The molecule has 7 heteroatoms. The van der Waals surface area contributed by atoms with Gasteiger partial charge < -0.3 is 14.6 Å². The van der Waals surface area contributed by atoms with E-state index in [1.165, 1.54) is 16.8 Å². The summed E-state index contributed by atoms with van der Waals surface area (Å²) in [5.41, 5.74) is -0.486. The molecular formula is C14H21N3O4. The predicted molar refractivity (Wildman–Crippen MR) is 78.2 cm³/mol. The zero-order valence-electron chi connectivity index (χ0n) is 12.1. The van der Waals surface area contributed by atoms with Crippen molar-refractivity contribution in [3.05, 3.63) is 38.8 Å². The van der Waals surface area contributed by atoms with Crippen molar-refractivity contribution < 1.29 is 10.0 Å². The fraction of sp³-hybridized carbons (Fsp3) is 0.643. The van der Waals surface area contributed by atoms with Crippen molar-refractivity contribution in [1.29, 1.82) is 0 Å². The minimum absolute atomic E-state index is 0.0760. The molecule has 1 atom stereocenters. The summed E-state index contributed by atoms with van der Waals surface area (Å²) < 4.78 is 1.20. The number of β-amino-alcohol motifs (C(OH)–C–C–N with tert-alkyl or cyclic N) is 1. The van der Waals surface area contributed by atoms with Crippen LogP contribution in [0.25, 0.3) is 0 Å². The van der Waals surface area contributed by atoms with Crippen LogP contribution in [0, 0.1) is 16.0 Å². The number of piperidine rings is 1. The maximum Gasteiger partial charge on any atom is 0.285 e. The molecule has 0 spiro atoms. The Morgan fingerprint density at radius 3 is 2.67 bits per heavy atom. The van der Waals surface area contributed by atoms with E-state index in [4.69, 9.17) is 0 Å². The van der Waals surface area contributed by atoms with Crippen LogP contribution in [0.1, 0.15) is 19.8 Å². The molecule has 0 aliphatic carbocycles. The summed E-state index contributed by atoms with van der Waals surface area (Å²) in [6.07, 6.45) is 2.70. The van der Waals surface area contributed by atoms with Crippen molar-refractivity contribution in [3.8, 4) is 0 Å². The molecule has 1 aliphatic rings.